The van der Waals surface area contributed by atoms with Gasteiger partial charge in [0.1, 0.15) is 6.10 Å². The fraction of sp³-hybridized carbons (Fsp3) is 0.438. The minimum absolute atomic E-state index is 0.0174. The molecule has 1 saturated heterocycles. The van der Waals surface area contributed by atoms with Crippen LogP contribution in [0.25, 0.3) is 0 Å². The standard InChI is InChI=1S/C16H20N4O2/c21-14(10-4-8-12-6-2-1-3-7-12)17-16-18-15(19-20-16)13-9-5-11-22-13/h1-3,6-7,13H,4-5,8-11H2,(H2,17,18,19,20,21)/t13-/m0/s1. The highest BCUT2D eigenvalue weighted by Gasteiger charge is 2.21. The fourth-order valence-electron chi connectivity index (χ4n) is 2.55. The van der Waals surface area contributed by atoms with E-state index in [0.717, 1.165) is 32.3 Å². The molecule has 1 aliphatic heterocycles. The van der Waals surface area contributed by atoms with Crippen molar-refractivity contribution < 1.29 is 9.53 Å². The molecule has 6 nitrogen and oxygen atoms in total. The largest absolute Gasteiger partial charge is 0.370 e. The van der Waals surface area contributed by atoms with E-state index >= 15 is 0 Å². The molecule has 0 saturated carbocycles. The van der Waals surface area contributed by atoms with Crippen LogP contribution in [0.4, 0.5) is 5.95 Å². The van der Waals surface area contributed by atoms with Gasteiger partial charge in [0.2, 0.25) is 11.9 Å². The maximum Gasteiger partial charge on any atom is 0.248 e. The number of nitrogens with one attached hydrogen (secondary N) is 2. The van der Waals surface area contributed by atoms with Crippen LogP contribution in [-0.2, 0) is 16.0 Å². The number of hydrogen-bond acceptors (Lipinski definition) is 4. The van der Waals surface area contributed by atoms with Crippen LogP contribution in [0.1, 0.15) is 43.2 Å². The predicted octanol–water partition coefficient (Wildman–Crippen LogP) is 2.62. The van der Waals surface area contributed by atoms with Crippen molar-refractivity contribution >= 4 is 11.9 Å². The number of carbonyl (C=O) groups excluding carboxylic acids is 1. The molecule has 1 fully saturated rings. The number of aryl methyl sites for hydroxylation is 1. The number of anilines is 1. The molecule has 1 aromatic heterocycles. The Hall–Kier alpha value is -2.21. The molecule has 22 heavy (non-hydrogen) atoms. The van der Waals surface area contributed by atoms with Gasteiger partial charge in [0, 0.05) is 13.0 Å². The van der Waals surface area contributed by atoms with Gasteiger partial charge < -0.3 is 4.74 Å². The van der Waals surface area contributed by atoms with Crippen LogP contribution in [0.15, 0.2) is 30.3 Å². The Bertz CT molecular complexity index is 606. The molecule has 6 heteroatoms. The first kappa shape index (κ1) is 14.7. The van der Waals surface area contributed by atoms with Crippen LogP contribution < -0.4 is 5.32 Å². The topological polar surface area (TPSA) is 79.9 Å². The maximum atomic E-state index is 11.9. The zero-order valence-electron chi connectivity index (χ0n) is 12.4. The van der Waals surface area contributed by atoms with Crippen molar-refractivity contribution in [2.75, 3.05) is 11.9 Å². The Morgan fingerprint density at radius 1 is 1.36 bits per heavy atom. The molecule has 3 rings (SSSR count). The molecule has 2 N–H and O–H groups in total. The third-order valence-electron chi connectivity index (χ3n) is 3.70. The number of aromatic nitrogens is 3. The average Bonchev–Trinajstić information content (AvgIpc) is 3.19. The van der Waals surface area contributed by atoms with Gasteiger partial charge in [0.25, 0.3) is 0 Å². The molecule has 116 valence electrons. The fourth-order valence-corrected chi connectivity index (χ4v) is 2.55. The second-order valence-corrected chi connectivity index (χ2v) is 5.43. The Balaban J connectivity index is 1.43. The number of rotatable bonds is 6. The zero-order chi connectivity index (χ0) is 15.2. The Morgan fingerprint density at radius 3 is 3.00 bits per heavy atom. The number of carbonyl (C=O) groups is 1. The Labute approximate surface area is 129 Å². The van der Waals surface area contributed by atoms with Crippen LogP contribution in [-0.4, -0.2) is 27.7 Å². The highest BCUT2D eigenvalue weighted by atomic mass is 16.5. The predicted molar refractivity (Wildman–Crippen MR) is 82.3 cm³/mol. The minimum atomic E-state index is -0.0613. The summed E-state index contributed by atoms with van der Waals surface area (Å²) in [6.45, 7) is 0.756. The molecule has 0 unspecified atom stereocenters. The highest BCUT2D eigenvalue weighted by molar-refractivity contribution is 5.88. The van der Waals surface area contributed by atoms with Crippen molar-refractivity contribution in [1.29, 1.82) is 0 Å². The van der Waals surface area contributed by atoms with Crippen molar-refractivity contribution in [3.05, 3.63) is 41.7 Å². The van der Waals surface area contributed by atoms with E-state index in [1.165, 1.54) is 5.56 Å². The molecule has 1 aromatic carbocycles. The van der Waals surface area contributed by atoms with Gasteiger partial charge in [-0.05, 0) is 31.2 Å². The third kappa shape index (κ3) is 3.92. The van der Waals surface area contributed by atoms with Gasteiger partial charge >= 0.3 is 0 Å². The van der Waals surface area contributed by atoms with Gasteiger partial charge in [-0.1, -0.05) is 30.3 Å². The second kappa shape index (κ2) is 7.17. The van der Waals surface area contributed by atoms with E-state index in [0.29, 0.717) is 18.2 Å². The van der Waals surface area contributed by atoms with Crippen LogP contribution in [0.5, 0.6) is 0 Å². The van der Waals surface area contributed by atoms with E-state index in [9.17, 15) is 4.79 Å². The summed E-state index contributed by atoms with van der Waals surface area (Å²) < 4.78 is 5.52. The minimum Gasteiger partial charge on any atom is -0.370 e. The number of amides is 1. The van der Waals surface area contributed by atoms with Crippen LogP contribution >= 0.6 is 0 Å². The van der Waals surface area contributed by atoms with Gasteiger partial charge in [-0.3, -0.25) is 15.2 Å². The number of H-pyrrole nitrogens is 1. The molecular weight excluding hydrogens is 280 g/mol. The van der Waals surface area contributed by atoms with Crippen molar-refractivity contribution in [1.82, 2.24) is 15.2 Å². The molecule has 0 radical (unpaired) electrons. The molecule has 1 atom stereocenters. The summed E-state index contributed by atoms with van der Waals surface area (Å²) in [5.74, 6) is 0.959. The summed E-state index contributed by atoms with van der Waals surface area (Å²) in [6.07, 6.45) is 4.11. The number of aromatic amines is 1. The lowest BCUT2D eigenvalue weighted by Gasteiger charge is -2.03. The number of hydrogen-bond donors (Lipinski definition) is 2. The first-order valence-electron chi connectivity index (χ1n) is 7.69. The number of benzene rings is 1. The lowest BCUT2D eigenvalue weighted by atomic mass is 10.1. The van der Waals surface area contributed by atoms with Crippen LogP contribution in [0.2, 0.25) is 0 Å². The number of ether oxygens (including phenoxy) is 1. The summed E-state index contributed by atoms with van der Waals surface area (Å²) in [5, 5.41) is 9.58. The van der Waals surface area contributed by atoms with Crippen LogP contribution in [0.3, 0.4) is 0 Å². The first-order chi connectivity index (χ1) is 10.8. The molecular formula is C16H20N4O2. The lowest BCUT2D eigenvalue weighted by molar-refractivity contribution is -0.116. The molecule has 0 spiro atoms. The molecule has 1 aliphatic rings. The lowest BCUT2D eigenvalue weighted by Crippen LogP contribution is -2.12. The quantitative estimate of drug-likeness (QED) is 0.859. The Morgan fingerprint density at radius 2 is 2.23 bits per heavy atom. The number of nitrogens with zero attached hydrogens (tertiary/aromatic N) is 2. The summed E-state index contributed by atoms with van der Waals surface area (Å²) in [5.41, 5.74) is 1.24. The van der Waals surface area contributed by atoms with E-state index in [1.807, 2.05) is 18.2 Å². The van der Waals surface area contributed by atoms with Gasteiger partial charge in [-0.2, -0.15) is 4.98 Å². The zero-order valence-corrected chi connectivity index (χ0v) is 12.4. The van der Waals surface area contributed by atoms with Crippen molar-refractivity contribution in [2.24, 2.45) is 0 Å². The van der Waals surface area contributed by atoms with Gasteiger partial charge in [0.15, 0.2) is 5.82 Å². The smallest absolute Gasteiger partial charge is 0.248 e. The maximum absolute atomic E-state index is 11.9. The summed E-state index contributed by atoms with van der Waals surface area (Å²) in [4.78, 5) is 16.2. The molecule has 2 aromatic rings. The molecule has 0 bridgehead atoms. The summed E-state index contributed by atoms with van der Waals surface area (Å²) >= 11 is 0. The van der Waals surface area contributed by atoms with E-state index in [-0.39, 0.29) is 12.0 Å². The van der Waals surface area contributed by atoms with E-state index in [1.54, 1.807) is 0 Å². The summed E-state index contributed by atoms with van der Waals surface area (Å²) in [7, 11) is 0. The van der Waals surface area contributed by atoms with Crippen molar-refractivity contribution in [3.8, 4) is 0 Å². The van der Waals surface area contributed by atoms with Gasteiger partial charge in [-0.15, -0.1) is 5.10 Å². The second-order valence-electron chi connectivity index (χ2n) is 5.43. The monoisotopic (exact) mass is 300 g/mol. The first-order valence-corrected chi connectivity index (χ1v) is 7.69. The highest BCUT2D eigenvalue weighted by Crippen LogP contribution is 2.26. The van der Waals surface area contributed by atoms with Gasteiger partial charge in [0.05, 0.1) is 0 Å². The molecule has 2 heterocycles. The van der Waals surface area contributed by atoms with Gasteiger partial charge in [-0.25, -0.2) is 0 Å². The van der Waals surface area contributed by atoms with E-state index in [2.05, 4.69) is 32.6 Å². The van der Waals surface area contributed by atoms with E-state index < -0.39 is 0 Å². The average molecular weight is 300 g/mol. The third-order valence-corrected chi connectivity index (χ3v) is 3.70. The Kier molecular flexibility index (Phi) is 4.80. The summed E-state index contributed by atoms with van der Waals surface area (Å²) in [6, 6.07) is 10.2. The van der Waals surface area contributed by atoms with E-state index in [4.69, 9.17) is 4.74 Å². The normalized spacial score (nSPS) is 17.5. The molecule has 1 amide bonds. The molecule has 0 aliphatic carbocycles. The SMILES string of the molecule is O=C(CCCc1ccccc1)Nc1n[nH]c([C@@H]2CCCO2)n1. The van der Waals surface area contributed by atoms with Crippen molar-refractivity contribution in [2.45, 2.75) is 38.2 Å². The van der Waals surface area contributed by atoms with Crippen molar-refractivity contribution in [3.63, 3.8) is 0 Å². The van der Waals surface area contributed by atoms with Crippen LogP contribution in [0, 0.1) is 0 Å².